The zero-order valence-corrected chi connectivity index (χ0v) is 15.9. The molecule has 1 aromatic carbocycles. The summed E-state index contributed by atoms with van der Waals surface area (Å²) in [7, 11) is -3.48. The van der Waals surface area contributed by atoms with Gasteiger partial charge in [0, 0.05) is 24.4 Å². The smallest absolute Gasteiger partial charge is 0.244 e. The molecule has 0 unspecified atom stereocenters. The van der Waals surface area contributed by atoms with Crippen molar-refractivity contribution in [3.8, 4) is 0 Å². The standard InChI is InChI=1S/C16H21ClN2O3S.ClH/c1-23(21,22)16(6-8-18-9-7-16)15(20)19-10-5-13-12(11-19)3-2-4-14(13)17;/h2-4,18H,5-11H2,1H3;1H. The van der Waals surface area contributed by atoms with Crippen LogP contribution in [0.2, 0.25) is 5.02 Å². The van der Waals surface area contributed by atoms with Gasteiger partial charge in [0.05, 0.1) is 0 Å². The lowest BCUT2D eigenvalue weighted by Gasteiger charge is -2.40. The van der Waals surface area contributed by atoms with E-state index in [0.717, 1.165) is 11.1 Å². The SMILES string of the molecule is CS(=O)(=O)C1(C(=O)N2CCc3c(Cl)cccc3C2)CCNCC1.Cl. The maximum absolute atomic E-state index is 13.1. The first-order valence-electron chi connectivity index (χ1n) is 7.81. The van der Waals surface area contributed by atoms with Crippen molar-refractivity contribution in [3.05, 3.63) is 34.3 Å². The second-order valence-electron chi connectivity index (χ2n) is 6.37. The van der Waals surface area contributed by atoms with Gasteiger partial charge in [-0.2, -0.15) is 0 Å². The first-order chi connectivity index (χ1) is 10.8. The third-order valence-corrected chi connectivity index (χ3v) is 7.36. The van der Waals surface area contributed by atoms with Gasteiger partial charge >= 0.3 is 0 Å². The maximum Gasteiger partial charge on any atom is 0.244 e. The zero-order valence-electron chi connectivity index (χ0n) is 13.5. The number of hydrogen-bond acceptors (Lipinski definition) is 4. The fourth-order valence-electron chi connectivity index (χ4n) is 3.60. The summed E-state index contributed by atoms with van der Waals surface area (Å²) in [6, 6.07) is 5.67. The molecule has 1 saturated heterocycles. The Labute approximate surface area is 154 Å². The number of sulfone groups is 1. The first-order valence-corrected chi connectivity index (χ1v) is 10.1. The summed E-state index contributed by atoms with van der Waals surface area (Å²) in [6.07, 6.45) is 2.52. The van der Waals surface area contributed by atoms with Gasteiger partial charge in [0.25, 0.3) is 0 Å². The third-order valence-electron chi connectivity index (χ3n) is 5.01. The fourth-order valence-corrected chi connectivity index (χ4v) is 5.28. The molecule has 5 nitrogen and oxygen atoms in total. The summed E-state index contributed by atoms with van der Waals surface area (Å²) in [6.45, 7) is 2.05. The van der Waals surface area contributed by atoms with Crippen LogP contribution in [-0.4, -0.2) is 49.9 Å². The molecule has 2 heterocycles. The Balaban J connectivity index is 0.00000208. The molecule has 8 heteroatoms. The van der Waals surface area contributed by atoms with Crippen LogP contribution in [0.1, 0.15) is 24.0 Å². The lowest BCUT2D eigenvalue weighted by Crippen LogP contribution is -2.58. The van der Waals surface area contributed by atoms with Gasteiger partial charge in [-0.25, -0.2) is 8.42 Å². The van der Waals surface area contributed by atoms with E-state index in [9.17, 15) is 13.2 Å². The van der Waals surface area contributed by atoms with E-state index in [1.807, 2.05) is 18.2 Å². The van der Waals surface area contributed by atoms with E-state index in [-0.39, 0.29) is 18.3 Å². The maximum atomic E-state index is 13.1. The molecule has 0 atom stereocenters. The summed E-state index contributed by atoms with van der Waals surface area (Å²) in [4.78, 5) is 14.8. The number of benzene rings is 1. The summed E-state index contributed by atoms with van der Waals surface area (Å²) in [5.41, 5.74) is 2.08. The Morgan fingerprint density at radius 3 is 2.58 bits per heavy atom. The van der Waals surface area contributed by atoms with Crippen molar-refractivity contribution in [1.82, 2.24) is 10.2 Å². The molecule has 0 aliphatic carbocycles. The van der Waals surface area contributed by atoms with Crippen LogP contribution in [0.3, 0.4) is 0 Å². The van der Waals surface area contributed by atoms with Crippen molar-refractivity contribution in [1.29, 1.82) is 0 Å². The number of amides is 1. The van der Waals surface area contributed by atoms with Gasteiger partial charge in [-0.3, -0.25) is 4.79 Å². The van der Waals surface area contributed by atoms with Crippen LogP contribution >= 0.6 is 24.0 Å². The highest BCUT2D eigenvalue weighted by Crippen LogP contribution is 2.33. The number of rotatable bonds is 2. The largest absolute Gasteiger partial charge is 0.337 e. The minimum absolute atomic E-state index is 0. The molecule has 0 radical (unpaired) electrons. The predicted molar refractivity (Wildman–Crippen MR) is 97.5 cm³/mol. The van der Waals surface area contributed by atoms with Crippen molar-refractivity contribution >= 4 is 39.8 Å². The van der Waals surface area contributed by atoms with Crippen molar-refractivity contribution in [3.63, 3.8) is 0 Å². The fraction of sp³-hybridized carbons (Fsp3) is 0.562. The minimum atomic E-state index is -3.48. The van der Waals surface area contributed by atoms with Crippen molar-refractivity contribution < 1.29 is 13.2 Å². The van der Waals surface area contributed by atoms with E-state index in [0.29, 0.717) is 50.5 Å². The van der Waals surface area contributed by atoms with Gasteiger partial charge < -0.3 is 10.2 Å². The molecule has 1 N–H and O–H groups in total. The van der Waals surface area contributed by atoms with E-state index in [1.54, 1.807) is 4.90 Å². The summed E-state index contributed by atoms with van der Waals surface area (Å²) in [5, 5.41) is 3.86. The number of fused-ring (bicyclic) bond motifs is 1. The van der Waals surface area contributed by atoms with E-state index in [1.165, 1.54) is 6.26 Å². The number of piperidine rings is 1. The van der Waals surface area contributed by atoms with E-state index in [4.69, 9.17) is 11.6 Å². The van der Waals surface area contributed by atoms with E-state index < -0.39 is 14.6 Å². The topological polar surface area (TPSA) is 66.5 Å². The van der Waals surface area contributed by atoms with Crippen LogP contribution in [0.4, 0.5) is 0 Å². The highest BCUT2D eigenvalue weighted by Gasteiger charge is 2.50. The Kier molecular flexibility index (Phi) is 5.85. The molecule has 2 aliphatic heterocycles. The summed E-state index contributed by atoms with van der Waals surface area (Å²) in [5.74, 6) is -0.257. The van der Waals surface area contributed by atoms with Crippen LogP contribution in [0.5, 0.6) is 0 Å². The van der Waals surface area contributed by atoms with Gasteiger partial charge in [-0.15, -0.1) is 12.4 Å². The van der Waals surface area contributed by atoms with E-state index >= 15 is 0 Å². The highest BCUT2D eigenvalue weighted by molar-refractivity contribution is 7.92. The molecule has 134 valence electrons. The predicted octanol–water partition coefficient (Wildman–Crippen LogP) is 1.81. The van der Waals surface area contributed by atoms with Crippen molar-refractivity contribution in [2.45, 2.75) is 30.6 Å². The van der Waals surface area contributed by atoms with Crippen LogP contribution in [0, 0.1) is 0 Å². The zero-order chi connectivity index (χ0) is 16.7. The number of carbonyl (C=O) groups is 1. The monoisotopic (exact) mass is 392 g/mol. The third kappa shape index (κ3) is 3.29. The van der Waals surface area contributed by atoms with Gasteiger partial charge in [-0.1, -0.05) is 23.7 Å². The molecule has 0 aromatic heterocycles. The molecular formula is C16H22Cl2N2O3S. The van der Waals surface area contributed by atoms with Crippen LogP contribution in [-0.2, 0) is 27.6 Å². The Morgan fingerprint density at radius 2 is 1.96 bits per heavy atom. The molecule has 3 rings (SSSR count). The van der Waals surface area contributed by atoms with Crippen molar-refractivity contribution in [2.24, 2.45) is 0 Å². The average molecular weight is 393 g/mol. The van der Waals surface area contributed by atoms with Crippen molar-refractivity contribution in [2.75, 3.05) is 25.9 Å². The number of carbonyl (C=O) groups excluding carboxylic acids is 1. The molecule has 1 aromatic rings. The van der Waals surface area contributed by atoms with Gasteiger partial charge in [0.2, 0.25) is 5.91 Å². The second-order valence-corrected chi connectivity index (χ2v) is 9.10. The Morgan fingerprint density at radius 1 is 1.29 bits per heavy atom. The summed E-state index contributed by atoms with van der Waals surface area (Å²) < 4.78 is 23.5. The van der Waals surface area contributed by atoms with Gasteiger partial charge in [-0.05, 0) is 49.5 Å². The first kappa shape index (κ1) is 19.5. The molecule has 0 spiro atoms. The molecular weight excluding hydrogens is 371 g/mol. The molecule has 24 heavy (non-hydrogen) atoms. The molecule has 1 amide bonds. The van der Waals surface area contributed by atoms with Crippen LogP contribution in [0.15, 0.2) is 18.2 Å². The number of hydrogen-bond donors (Lipinski definition) is 1. The molecule has 0 saturated carbocycles. The van der Waals surface area contributed by atoms with Gasteiger partial charge in [0.15, 0.2) is 14.6 Å². The number of halogens is 2. The minimum Gasteiger partial charge on any atom is -0.337 e. The number of nitrogens with one attached hydrogen (secondary N) is 1. The average Bonchev–Trinajstić information content (AvgIpc) is 2.54. The second kappa shape index (κ2) is 7.20. The lowest BCUT2D eigenvalue weighted by molar-refractivity contribution is -0.135. The van der Waals surface area contributed by atoms with Gasteiger partial charge in [0.1, 0.15) is 0 Å². The Hall–Kier alpha value is -0.820. The number of nitrogens with zero attached hydrogens (tertiary/aromatic N) is 1. The highest BCUT2D eigenvalue weighted by atomic mass is 35.5. The van der Waals surface area contributed by atoms with Crippen LogP contribution in [0.25, 0.3) is 0 Å². The molecule has 2 aliphatic rings. The Bertz CT molecular complexity index is 731. The van der Waals surface area contributed by atoms with E-state index in [2.05, 4.69) is 5.32 Å². The quantitative estimate of drug-likeness (QED) is 0.833. The summed E-state index contributed by atoms with van der Waals surface area (Å²) >= 11 is 6.21. The normalized spacial score (nSPS) is 20.0. The van der Waals surface area contributed by atoms with Crippen LogP contribution < -0.4 is 5.32 Å². The molecule has 1 fully saturated rings. The lowest BCUT2D eigenvalue weighted by atomic mass is 9.93. The molecule has 0 bridgehead atoms.